The first-order chi connectivity index (χ1) is 12.2. The van der Waals surface area contributed by atoms with Crippen LogP contribution in [0.15, 0.2) is 29.6 Å². The van der Waals surface area contributed by atoms with E-state index in [2.05, 4.69) is 60.7 Å². The fraction of sp³-hybridized carbons (Fsp3) is 0.450. The highest BCUT2D eigenvalue weighted by atomic mass is 32.1. The lowest BCUT2D eigenvalue weighted by atomic mass is 9.86. The average Bonchev–Trinajstić information content (AvgIpc) is 3.14. The van der Waals surface area contributed by atoms with E-state index in [1.54, 1.807) is 0 Å². The highest BCUT2D eigenvalue weighted by molar-refractivity contribution is 7.14. The third-order valence-corrected chi connectivity index (χ3v) is 5.42. The van der Waals surface area contributed by atoms with Crippen LogP contribution >= 0.6 is 11.3 Å². The van der Waals surface area contributed by atoms with E-state index in [1.165, 1.54) is 16.9 Å². The van der Waals surface area contributed by atoms with Gasteiger partial charge in [0, 0.05) is 16.9 Å². The van der Waals surface area contributed by atoms with Crippen molar-refractivity contribution in [2.75, 3.05) is 11.9 Å². The van der Waals surface area contributed by atoms with Crippen molar-refractivity contribution >= 4 is 28.3 Å². The van der Waals surface area contributed by atoms with E-state index in [9.17, 15) is 9.59 Å². The smallest absolute Gasteiger partial charge is 0.245 e. The fourth-order valence-corrected chi connectivity index (χ4v) is 3.49. The van der Waals surface area contributed by atoms with Crippen LogP contribution in [-0.2, 0) is 15.0 Å². The summed E-state index contributed by atoms with van der Waals surface area (Å²) in [5.74, 6) is 0.219. The van der Waals surface area contributed by atoms with Crippen LogP contribution in [-0.4, -0.2) is 23.3 Å². The van der Waals surface area contributed by atoms with Gasteiger partial charge in [0.05, 0.1) is 12.2 Å². The van der Waals surface area contributed by atoms with Gasteiger partial charge in [-0.15, -0.1) is 11.3 Å². The summed E-state index contributed by atoms with van der Waals surface area (Å²) in [5.41, 5.74) is 3.24. The van der Waals surface area contributed by atoms with Crippen molar-refractivity contribution in [3.8, 4) is 11.3 Å². The van der Waals surface area contributed by atoms with E-state index < -0.39 is 0 Å². The van der Waals surface area contributed by atoms with Gasteiger partial charge in [0.25, 0.3) is 0 Å². The molecule has 6 heteroatoms. The first-order valence-electron chi connectivity index (χ1n) is 8.88. The molecule has 26 heavy (non-hydrogen) atoms. The summed E-state index contributed by atoms with van der Waals surface area (Å²) in [7, 11) is 0. The number of aromatic nitrogens is 1. The number of nitrogens with one attached hydrogen (secondary N) is 2. The quantitative estimate of drug-likeness (QED) is 0.839. The van der Waals surface area contributed by atoms with Crippen molar-refractivity contribution in [2.45, 2.75) is 39.5 Å². The molecule has 1 aliphatic rings. The molecule has 2 aromatic rings. The van der Waals surface area contributed by atoms with E-state index in [0.717, 1.165) is 17.7 Å². The van der Waals surface area contributed by atoms with E-state index in [1.807, 2.05) is 12.3 Å². The lowest BCUT2D eigenvalue weighted by Gasteiger charge is -2.18. The molecule has 2 atom stereocenters. The van der Waals surface area contributed by atoms with Gasteiger partial charge in [0.15, 0.2) is 5.13 Å². The lowest BCUT2D eigenvalue weighted by molar-refractivity contribution is -0.125. The maximum atomic E-state index is 12.0. The van der Waals surface area contributed by atoms with Crippen LogP contribution in [0.3, 0.4) is 0 Å². The predicted octanol–water partition coefficient (Wildman–Crippen LogP) is 3.82. The molecule has 1 aromatic heterocycles. The minimum Gasteiger partial charge on any atom is -0.347 e. The molecule has 5 nitrogen and oxygen atoms in total. The number of rotatable bonds is 5. The van der Waals surface area contributed by atoms with Gasteiger partial charge >= 0.3 is 0 Å². The van der Waals surface area contributed by atoms with Gasteiger partial charge in [0.2, 0.25) is 11.8 Å². The number of carbonyl (C=O) groups is 2. The molecule has 138 valence electrons. The van der Waals surface area contributed by atoms with Crippen molar-refractivity contribution < 1.29 is 9.59 Å². The van der Waals surface area contributed by atoms with Crippen molar-refractivity contribution in [3.63, 3.8) is 0 Å². The van der Waals surface area contributed by atoms with Gasteiger partial charge in [0.1, 0.15) is 0 Å². The summed E-state index contributed by atoms with van der Waals surface area (Å²) in [6.45, 7) is 8.57. The molecule has 0 bridgehead atoms. The van der Waals surface area contributed by atoms with Gasteiger partial charge in [-0.3, -0.25) is 9.59 Å². The Balaban J connectivity index is 1.55. The summed E-state index contributed by atoms with van der Waals surface area (Å²) >= 11 is 1.38. The fourth-order valence-electron chi connectivity index (χ4n) is 2.75. The van der Waals surface area contributed by atoms with E-state index >= 15 is 0 Å². The Bertz CT molecular complexity index is 805. The molecule has 0 unspecified atom stereocenters. The standard InChI is InChI=1S/C20H25N3O2S/c1-12-9-15(12)18(25)21-10-17(24)23-19-22-16(11-26-19)13-5-7-14(8-6-13)20(2,3)4/h5-8,11-12,15H,9-10H2,1-4H3,(H,21,25)(H,22,23,24)/t12-,15+/m1/s1. The van der Waals surface area contributed by atoms with Crippen LogP contribution in [0.1, 0.15) is 39.7 Å². The Hall–Kier alpha value is -2.21. The van der Waals surface area contributed by atoms with Crippen molar-refractivity contribution in [1.29, 1.82) is 0 Å². The molecular weight excluding hydrogens is 346 g/mol. The maximum absolute atomic E-state index is 12.0. The van der Waals surface area contributed by atoms with Crippen LogP contribution in [0.25, 0.3) is 11.3 Å². The van der Waals surface area contributed by atoms with Gasteiger partial charge in [-0.05, 0) is 23.3 Å². The number of benzene rings is 1. The molecule has 1 saturated carbocycles. The molecule has 1 fully saturated rings. The molecule has 2 amide bonds. The number of carbonyl (C=O) groups excluding carboxylic acids is 2. The molecule has 3 rings (SSSR count). The summed E-state index contributed by atoms with van der Waals surface area (Å²) in [6.07, 6.45) is 0.914. The molecular formula is C20H25N3O2S. The summed E-state index contributed by atoms with van der Waals surface area (Å²) in [4.78, 5) is 28.2. The third kappa shape index (κ3) is 4.49. The molecule has 0 aliphatic heterocycles. The number of thiazole rings is 1. The largest absolute Gasteiger partial charge is 0.347 e. The second-order valence-corrected chi connectivity index (χ2v) is 8.81. The molecule has 1 aromatic carbocycles. The van der Waals surface area contributed by atoms with E-state index in [-0.39, 0.29) is 29.7 Å². The summed E-state index contributed by atoms with van der Waals surface area (Å²) < 4.78 is 0. The normalized spacial score (nSPS) is 19.1. The van der Waals surface area contributed by atoms with Gasteiger partial charge in [-0.1, -0.05) is 52.0 Å². The molecule has 0 saturated heterocycles. The van der Waals surface area contributed by atoms with Gasteiger partial charge in [-0.2, -0.15) is 0 Å². The Labute approximate surface area is 158 Å². The maximum Gasteiger partial charge on any atom is 0.245 e. The number of hydrogen-bond donors (Lipinski definition) is 2. The minimum absolute atomic E-state index is 0.0166. The van der Waals surface area contributed by atoms with Crippen molar-refractivity contribution in [2.24, 2.45) is 11.8 Å². The second kappa shape index (κ2) is 7.19. The first kappa shape index (κ1) is 18.6. The number of nitrogens with zero attached hydrogens (tertiary/aromatic N) is 1. The Morgan fingerprint density at radius 2 is 1.88 bits per heavy atom. The van der Waals surface area contributed by atoms with Crippen molar-refractivity contribution in [1.82, 2.24) is 10.3 Å². The number of hydrogen-bond acceptors (Lipinski definition) is 4. The SMILES string of the molecule is C[C@@H]1C[C@@H]1C(=O)NCC(=O)Nc1nc(-c2ccc(C(C)(C)C)cc2)cs1. The van der Waals surface area contributed by atoms with Gasteiger partial charge in [-0.25, -0.2) is 4.98 Å². The first-order valence-corrected chi connectivity index (χ1v) is 9.76. The number of amides is 2. The van der Waals surface area contributed by atoms with Crippen LogP contribution in [0.4, 0.5) is 5.13 Å². The summed E-state index contributed by atoms with van der Waals surface area (Å²) in [6, 6.07) is 8.33. The zero-order chi connectivity index (χ0) is 18.9. The average molecular weight is 372 g/mol. The van der Waals surface area contributed by atoms with Crippen LogP contribution in [0, 0.1) is 11.8 Å². The molecule has 2 N–H and O–H groups in total. The molecule has 1 aliphatic carbocycles. The third-order valence-electron chi connectivity index (χ3n) is 4.67. The van der Waals surface area contributed by atoms with Gasteiger partial charge < -0.3 is 10.6 Å². The zero-order valence-electron chi connectivity index (χ0n) is 15.6. The lowest BCUT2D eigenvalue weighted by Crippen LogP contribution is -2.34. The van der Waals surface area contributed by atoms with Crippen LogP contribution in [0.5, 0.6) is 0 Å². The zero-order valence-corrected chi connectivity index (χ0v) is 16.4. The van der Waals surface area contributed by atoms with Crippen LogP contribution < -0.4 is 10.6 Å². The Kier molecular flexibility index (Phi) is 5.14. The van der Waals surface area contributed by atoms with E-state index in [0.29, 0.717) is 11.0 Å². The minimum atomic E-state index is -0.254. The number of anilines is 1. The van der Waals surface area contributed by atoms with Crippen molar-refractivity contribution in [3.05, 3.63) is 35.2 Å². The van der Waals surface area contributed by atoms with Crippen LogP contribution in [0.2, 0.25) is 0 Å². The monoisotopic (exact) mass is 371 g/mol. The summed E-state index contributed by atoms with van der Waals surface area (Å²) in [5, 5.41) is 7.89. The highest BCUT2D eigenvalue weighted by Gasteiger charge is 2.38. The topological polar surface area (TPSA) is 71.1 Å². The second-order valence-electron chi connectivity index (χ2n) is 7.95. The molecule has 0 radical (unpaired) electrons. The molecule has 0 spiro atoms. The molecule has 1 heterocycles. The Morgan fingerprint density at radius 1 is 1.23 bits per heavy atom. The van der Waals surface area contributed by atoms with E-state index in [4.69, 9.17) is 0 Å². The highest BCUT2D eigenvalue weighted by Crippen LogP contribution is 2.37. The predicted molar refractivity (Wildman–Crippen MR) is 105 cm³/mol. The Morgan fingerprint density at radius 3 is 2.46 bits per heavy atom.